The van der Waals surface area contributed by atoms with Crippen molar-refractivity contribution in [3.05, 3.63) is 56.3 Å². The summed E-state index contributed by atoms with van der Waals surface area (Å²) in [5.41, 5.74) is 0.296. The van der Waals surface area contributed by atoms with E-state index in [1.807, 2.05) is 25.5 Å². The normalized spacial score (nSPS) is 12.0. The van der Waals surface area contributed by atoms with Crippen LogP contribution in [-0.2, 0) is 4.74 Å². The number of thiophene rings is 1. The quantitative estimate of drug-likeness (QED) is 0.469. The first kappa shape index (κ1) is 17.9. The summed E-state index contributed by atoms with van der Waals surface area (Å²) in [5.74, 6) is -0.729. The molecule has 0 saturated carbocycles. The minimum absolute atomic E-state index is 0.0648. The van der Waals surface area contributed by atoms with Gasteiger partial charge < -0.3 is 15.0 Å². The lowest BCUT2D eigenvalue weighted by Crippen LogP contribution is -2.26. The number of carbonyl (C=O) groups excluding carboxylic acids is 1. The second-order valence-electron chi connectivity index (χ2n) is 5.36. The van der Waals surface area contributed by atoms with Gasteiger partial charge in [0.15, 0.2) is 0 Å². The van der Waals surface area contributed by atoms with Crippen LogP contribution in [0.1, 0.15) is 21.3 Å². The van der Waals surface area contributed by atoms with Crippen LogP contribution in [0.4, 0.5) is 11.4 Å². The number of nitro benzene ring substituents is 1. The summed E-state index contributed by atoms with van der Waals surface area (Å²) in [4.78, 5) is 25.5. The number of likely N-dealkylation sites (N-methyl/N-ethyl adjacent to an activating group) is 1. The van der Waals surface area contributed by atoms with Gasteiger partial charge in [-0.3, -0.25) is 10.1 Å². The van der Waals surface area contributed by atoms with Crippen LogP contribution in [0.25, 0.3) is 0 Å². The molecule has 7 nitrogen and oxygen atoms in total. The third-order valence-corrected chi connectivity index (χ3v) is 4.57. The van der Waals surface area contributed by atoms with Crippen molar-refractivity contribution in [1.29, 1.82) is 0 Å². The molecule has 0 fully saturated rings. The van der Waals surface area contributed by atoms with Crippen molar-refractivity contribution in [3.63, 3.8) is 0 Å². The molecule has 0 aliphatic heterocycles. The minimum atomic E-state index is -0.729. The number of hydrogen-bond donors (Lipinski definition) is 1. The topological polar surface area (TPSA) is 84.7 Å². The fraction of sp³-hybridized carbons (Fsp3) is 0.312. The fourth-order valence-corrected chi connectivity index (χ4v) is 3.23. The zero-order chi connectivity index (χ0) is 17.7. The monoisotopic (exact) mass is 349 g/mol. The number of methoxy groups -OCH3 is 1. The van der Waals surface area contributed by atoms with Crippen LogP contribution < -0.4 is 5.32 Å². The maximum atomic E-state index is 11.8. The molecule has 1 atom stereocenters. The highest BCUT2D eigenvalue weighted by Crippen LogP contribution is 2.26. The van der Waals surface area contributed by atoms with Gasteiger partial charge in [-0.25, -0.2) is 4.79 Å². The molecule has 24 heavy (non-hydrogen) atoms. The van der Waals surface area contributed by atoms with Crippen molar-refractivity contribution in [2.75, 3.05) is 33.1 Å². The van der Waals surface area contributed by atoms with Gasteiger partial charge in [0, 0.05) is 23.2 Å². The van der Waals surface area contributed by atoms with Gasteiger partial charge in [0.05, 0.1) is 18.1 Å². The van der Waals surface area contributed by atoms with E-state index < -0.39 is 10.9 Å². The maximum Gasteiger partial charge on any atom is 0.344 e. The number of carbonyl (C=O) groups is 1. The van der Waals surface area contributed by atoms with Crippen LogP contribution in [0, 0.1) is 10.1 Å². The predicted octanol–water partition coefficient (Wildman–Crippen LogP) is 3.16. The molecule has 128 valence electrons. The number of benzene rings is 1. The molecule has 0 radical (unpaired) electrons. The van der Waals surface area contributed by atoms with Crippen molar-refractivity contribution >= 4 is 28.7 Å². The standard InChI is InChI=1S/C16H19N3O4S/c1-18(2)14(15-5-4-8-24-15)10-17-11-6-7-13(19(21)22)12(9-11)16(20)23-3/h4-9,14,17H,10H2,1-3H3. The van der Waals surface area contributed by atoms with E-state index in [1.54, 1.807) is 17.4 Å². The summed E-state index contributed by atoms with van der Waals surface area (Å²) in [6.07, 6.45) is 0. The Balaban J connectivity index is 2.20. The van der Waals surface area contributed by atoms with Crippen LogP contribution in [0.3, 0.4) is 0 Å². The average Bonchev–Trinajstić information content (AvgIpc) is 3.07. The molecule has 0 saturated heterocycles. The van der Waals surface area contributed by atoms with Gasteiger partial charge >= 0.3 is 5.97 Å². The average molecular weight is 349 g/mol. The summed E-state index contributed by atoms with van der Waals surface area (Å²) in [6, 6.07) is 8.56. The van der Waals surface area contributed by atoms with Gasteiger partial charge in [-0.15, -0.1) is 11.3 Å². The number of nitrogens with one attached hydrogen (secondary N) is 1. The number of rotatable bonds is 7. The number of anilines is 1. The Bertz CT molecular complexity index is 716. The van der Waals surface area contributed by atoms with Crippen LogP contribution >= 0.6 is 11.3 Å². The van der Waals surface area contributed by atoms with E-state index in [9.17, 15) is 14.9 Å². The first-order valence-corrected chi connectivity index (χ1v) is 8.12. The highest BCUT2D eigenvalue weighted by atomic mass is 32.1. The molecule has 0 aliphatic carbocycles. The van der Waals surface area contributed by atoms with Crippen LogP contribution in [0.15, 0.2) is 35.7 Å². The zero-order valence-corrected chi connectivity index (χ0v) is 14.5. The van der Waals surface area contributed by atoms with Crippen molar-refractivity contribution in [1.82, 2.24) is 4.90 Å². The van der Waals surface area contributed by atoms with Gasteiger partial charge in [-0.2, -0.15) is 0 Å². The largest absolute Gasteiger partial charge is 0.465 e. The second kappa shape index (κ2) is 7.89. The molecular weight excluding hydrogens is 330 g/mol. The van der Waals surface area contributed by atoms with Gasteiger partial charge in [0.1, 0.15) is 5.56 Å². The number of ether oxygens (including phenoxy) is 1. The van der Waals surface area contributed by atoms with Gasteiger partial charge in [-0.05, 0) is 37.7 Å². The molecule has 2 rings (SSSR count). The zero-order valence-electron chi connectivity index (χ0n) is 13.7. The van der Waals surface area contributed by atoms with Gasteiger partial charge in [-0.1, -0.05) is 6.07 Å². The van der Waals surface area contributed by atoms with Crippen molar-refractivity contribution in [2.45, 2.75) is 6.04 Å². The molecule has 0 aliphatic rings. The van der Waals surface area contributed by atoms with E-state index in [0.29, 0.717) is 12.2 Å². The van der Waals surface area contributed by atoms with E-state index in [4.69, 9.17) is 0 Å². The summed E-state index contributed by atoms with van der Waals surface area (Å²) in [7, 11) is 5.18. The molecule has 1 N–H and O–H groups in total. The lowest BCUT2D eigenvalue weighted by Gasteiger charge is -2.24. The van der Waals surface area contributed by atoms with E-state index in [2.05, 4.69) is 21.0 Å². The predicted molar refractivity (Wildman–Crippen MR) is 93.7 cm³/mol. The molecular formula is C16H19N3O4S. The van der Waals surface area contributed by atoms with Crippen molar-refractivity contribution in [2.24, 2.45) is 0 Å². The first-order chi connectivity index (χ1) is 11.4. The van der Waals surface area contributed by atoms with E-state index in [0.717, 1.165) is 0 Å². The second-order valence-corrected chi connectivity index (χ2v) is 6.34. The SMILES string of the molecule is COC(=O)c1cc(NCC(c2cccs2)N(C)C)ccc1[N+](=O)[O-]. The highest BCUT2D eigenvalue weighted by Gasteiger charge is 2.22. The maximum absolute atomic E-state index is 11.8. The molecule has 0 spiro atoms. The number of esters is 1. The van der Waals surface area contributed by atoms with Crippen molar-refractivity contribution in [3.8, 4) is 0 Å². The lowest BCUT2D eigenvalue weighted by molar-refractivity contribution is -0.385. The summed E-state index contributed by atoms with van der Waals surface area (Å²) >= 11 is 1.67. The number of nitro groups is 1. The Labute approximate surface area is 144 Å². The number of nitrogens with zero attached hydrogens (tertiary/aromatic N) is 2. The molecule has 1 aromatic heterocycles. The van der Waals surface area contributed by atoms with E-state index in [1.165, 1.54) is 24.1 Å². The van der Waals surface area contributed by atoms with Crippen LogP contribution in [0.2, 0.25) is 0 Å². The molecule has 1 aromatic carbocycles. The third kappa shape index (κ3) is 4.09. The lowest BCUT2D eigenvalue weighted by atomic mass is 10.1. The Morgan fingerprint density at radius 3 is 2.71 bits per heavy atom. The Kier molecular flexibility index (Phi) is 5.88. The van der Waals surface area contributed by atoms with Crippen molar-refractivity contribution < 1.29 is 14.5 Å². The van der Waals surface area contributed by atoms with Crippen LogP contribution in [0.5, 0.6) is 0 Å². The smallest absolute Gasteiger partial charge is 0.344 e. The summed E-state index contributed by atoms with van der Waals surface area (Å²) in [5, 5.41) is 16.3. The van der Waals surface area contributed by atoms with Gasteiger partial charge in [0.2, 0.25) is 0 Å². The van der Waals surface area contributed by atoms with E-state index >= 15 is 0 Å². The highest BCUT2D eigenvalue weighted by molar-refractivity contribution is 7.10. The Hall–Kier alpha value is -2.45. The third-order valence-electron chi connectivity index (χ3n) is 3.59. The summed E-state index contributed by atoms with van der Waals surface area (Å²) < 4.78 is 4.63. The number of hydrogen-bond acceptors (Lipinski definition) is 7. The molecule has 1 heterocycles. The molecule has 2 aromatic rings. The molecule has 1 unspecified atom stereocenters. The first-order valence-electron chi connectivity index (χ1n) is 7.24. The minimum Gasteiger partial charge on any atom is -0.465 e. The van der Waals surface area contributed by atoms with Crippen LogP contribution in [-0.4, -0.2) is 43.5 Å². The summed E-state index contributed by atoms with van der Waals surface area (Å²) in [6.45, 7) is 0.603. The van der Waals surface area contributed by atoms with E-state index in [-0.39, 0.29) is 17.3 Å². The Morgan fingerprint density at radius 2 is 2.17 bits per heavy atom. The van der Waals surface area contributed by atoms with Gasteiger partial charge in [0.25, 0.3) is 5.69 Å². The molecule has 8 heteroatoms. The molecule has 0 bridgehead atoms. The Morgan fingerprint density at radius 1 is 1.42 bits per heavy atom. The molecule has 0 amide bonds. The fourth-order valence-electron chi connectivity index (χ4n) is 2.31.